The molecule has 13 heavy (non-hydrogen) atoms. The number of nitrogens with two attached hydrogens (primary N) is 1. The highest BCUT2D eigenvalue weighted by molar-refractivity contribution is 5.78. The first-order valence-corrected chi connectivity index (χ1v) is 4.72. The summed E-state index contributed by atoms with van der Waals surface area (Å²) < 4.78 is 0. The van der Waals surface area contributed by atoms with E-state index in [1.54, 1.807) is 6.92 Å². The van der Waals surface area contributed by atoms with Crippen molar-refractivity contribution in [2.75, 3.05) is 0 Å². The Morgan fingerprint density at radius 1 is 1.69 bits per heavy atom. The summed E-state index contributed by atoms with van der Waals surface area (Å²) in [4.78, 5) is 10.7. The van der Waals surface area contributed by atoms with Crippen molar-refractivity contribution in [1.82, 2.24) is 0 Å². The minimum absolute atomic E-state index is 0.488. The number of carboxylic acids is 1. The number of aliphatic carboxylic acids is 1. The highest BCUT2D eigenvalue weighted by atomic mass is 16.4. The third kappa shape index (κ3) is 2.84. The van der Waals surface area contributed by atoms with E-state index in [0.717, 1.165) is 12.8 Å². The summed E-state index contributed by atoms with van der Waals surface area (Å²) in [5, 5.41) is 8.82. The summed E-state index contributed by atoms with van der Waals surface area (Å²) in [5.41, 5.74) is 5.76. The molecule has 1 rings (SSSR count). The lowest BCUT2D eigenvalue weighted by Gasteiger charge is -2.22. The van der Waals surface area contributed by atoms with Gasteiger partial charge in [0.1, 0.15) is 5.54 Å². The lowest BCUT2D eigenvalue weighted by Crippen LogP contribution is -2.45. The van der Waals surface area contributed by atoms with E-state index < -0.39 is 11.5 Å². The summed E-state index contributed by atoms with van der Waals surface area (Å²) in [6.45, 7) is 1.57. The molecular weight excluding hydrogens is 166 g/mol. The van der Waals surface area contributed by atoms with Crippen LogP contribution in [0.5, 0.6) is 0 Å². The Bertz CT molecular complexity index is 231. The van der Waals surface area contributed by atoms with Crippen LogP contribution < -0.4 is 5.73 Å². The second-order valence-electron chi connectivity index (χ2n) is 4.01. The van der Waals surface area contributed by atoms with Crippen molar-refractivity contribution in [3.63, 3.8) is 0 Å². The smallest absolute Gasteiger partial charge is 0.323 e. The van der Waals surface area contributed by atoms with Gasteiger partial charge >= 0.3 is 5.97 Å². The third-order valence-electron chi connectivity index (χ3n) is 2.47. The fourth-order valence-electron chi connectivity index (χ4n) is 1.61. The molecular formula is C10H17NO2. The van der Waals surface area contributed by atoms with Crippen molar-refractivity contribution in [3.05, 3.63) is 11.6 Å². The van der Waals surface area contributed by atoms with E-state index in [2.05, 4.69) is 6.08 Å². The maximum absolute atomic E-state index is 10.7. The molecule has 1 atom stereocenters. The number of carbonyl (C=O) groups is 1. The zero-order valence-electron chi connectivity index (χ0n) is 8.05. The van der Waals surface area contributed by atoms with Crippen molar-refractivity contribution in [2.24, 2.45) is 5.73 Å². The van der Waals surface area contributed by atoms with Gasteiger partial charge in [0.15, 0.2) is 0 Å². The Balaban J connectivity index is 2.56. The summed E-state index contributed by atoms with van der Waals surface area (Å²) in [6.07, 6.45) is 7.10. The molecule has 3 N–H and O–H groups in total. The maximum atomic E-state index is 10.7. The molecule has 0 aromatic carbocycles. The van der Waals surface area contributed by atoms with Crippen LogP contribution in [0.2, 0.25) is 0 Å². The summed E-state index contributed by atoms with van der Waals surface area (Å²) in [5.74, 6) is -0.918. The van der Waals surface area contributed by atoms with Gasteiger partial charge in [-0.15, -0.1) is 0 Å². The van der Waals surface area contributed by atoms with Crippen molar-refractivity contribution in [1.29, 1.82) is 0 Å². The number of hydrogen-bond donors (Lipinski definition) is 2. The van der Waals surface area contributed by atoms with Crippen LogP contribution in [0.4, 0.5) is 0 Å². The molecule has 0 aromatic heterocycles. The average Bonchev–Trinajstić information content (AvgIpc) is 2.05. The monoisotopic (exact) mass is 183 g/mol. The van der Waals surface area contributed by atoms with Crippen molar-refractivity contribution >= 4 is 5.97 Å². The molecule has 3 nitrogen and oxygen atoms in total. The molecule has 0 saturated carbocycles. The molecule has 1 aliphatic carbocycles. The van der Waals surface area contributed by atoms with Crippen molar-refractivity contribution in [2.45, 2.75) is 44.6 Å². The summed E-state index contributed by atoms with van der Waals surface area (Å²) in [7, 11) is 0. The van der Waals surface area contributed by atoms with Gasteiger partial charge in [-0.25, -0.2) is 0 Å². The zero-order chi connectivity index (χ0) is 9.90. The highest BCUT2D eigenvalue weighted by Crippen LogP contribution is 2.24. The molecule has 0 amide bonds. The quantitative estimate of drug-likeness (QED) is 0.654. The van der Waals surface area contributed by atoms with Crippen molar-refractivity contribution < 1.29 is 9.90 Å². The molecule has 0 fully saturated rings. The lowest BCUT2D eigenvalue weighted by molar-refractivity contribution is -0.142. The van der Waals surface area contributed by atoms with E-state index in [9.17, 15) is 4.79 Å². The fraction of sp³-hybridized carbons (Fsp3) is 0.700. The molecule has 0 spiro atoms. The van der Waals surface area contributed by atoms with Gasteiger partial charge in [-0.2, -0.15) is 0 Å². The van der Waals surface area contributed by atoms with Gasteiger partial charge in [0.25, 0.3) is 0 Å². The Hall–Kier alpha value is -0.830. The molecule has 0 radical (unpaired) electrons. The standard InChI is InChI=1S/C10H17NO2/c1-10(11,9(12)13)7-8-5-3-2-4-6-8/h5H,2-4,6-7,11H2,1H3,(H,12,13). The zero-order valence-corrected chi connectivity index (χ0v) is 8.05. The van der Waals surface area contributed by atoms with E-state index in [4.69, 9.17) is 10.8 Å². The van der Waals surface area contributed by atoms with Crippen LogP contribution in [0.1, 0.15) is 39.0 Å². The number of rotatable bonds is 3. The molecule has 0 aliphatic heterocycles. The molecule has 0 bridgehead atoms. The van der Waals surface area contributed by atoms with Gasteiger partial charge in [-0.05, 0) is 39.0 Å². The van der Waals surface area contributed by atoms with Gasteiger partial charge in [0, 0.05) is 0 Å². The van der Waals surface area contributed by atoms with Crippen LogP contribution in [0.3, 0.4) is 0 Å². The predicted octanol–water partition coefficient (Wildman–Crippen LogP) is 1.68. The normalized spacial score (nSPS) is 21.8. The van der Waals surface area contributed by atoms with E-state index >= 15 is 0 Å². The number of allylic oxidation sites excluding steroid dienone is 1. The summed E-state index contributed by atoms with van der Waals surface area (Å²) >= 11 is 0. The molecule has 1 unspecified atom stereocenters. The minimum Gasteiger partial charge on any atom is -0.480 e. The molecule has 1 aliphatic rings. The van der Waals surface area contributed by atoms with Gasteiger partial charge in [0.2, 0.25) is 0 Å². The topological polar surface area (TPSA) is 63.3 Å². The Morgan fingerprint density at radius 2 is 2.38 bits per heavy atom. The van der Waals surface area contributed by atoms with Gasteiger partial charge in [0.05, 0.1) is 0 Å². The highest BCUT2D eigenvalue weighted by Gasteiger charge is 2.28. The molecule has 3 heteroatoms. The van der Waals surface area contributed by atoms with Crippen LogP contribution >= 0.6 is 0 Å². The fourth-order valence-corrected chi connectivity index (χ4v) is 1.61. The van der Waals surface area contributed by atoms with Crippen LogP contribution in [-0.2, 0) is 4.79 Å². The van der Waals surface area contributed by atoms with Gasteiger partial charge in [-0.3, -0.25) is 4.79 Å². The van der Waals surface area contributed by atoms with Crippen LogP contribution in [0.15, 0.2) is 11.6 Å². The summed E-state index contributed by atoms with van der Waals surface area (Å²) in [6, 6.07) is 0. The Kier molecular flexibility index (Phi) is 3.09. The lowest BCUT2D eigenvalue weighted by atomic mass is 9.88. The first-order valence-electron chi connectivity index (χ1n) is 4.72. The Labute approximate surface area is 78.6 Å². The van der Waals surface area contributed by atoms with Gasteiger partial charge in [-0.1, -0.05) is 11.6 Å². The molecule has 0 heterocycles. The first-order chi connectivity index (χ1) is 6.02. The second kappa shape index (κ2) is 3.92. The molecule has 0 saturated heterocycles. The minimum atomic E-state index is -1.09. The average molecular weight is 183 g/mol. The maximum Gasteiger partial charge on any atom is 0.323 e. The van der Waals surface area contributed by atoms with E-state index in [1.807, 2.05) is 0 Å². The number of hydrogen-bond acceptors (Lipinski definition) is 2. The predicted molar refractivity (Wildman–Crippen MR) is 51.4 cm³/mol. The van der Waals surface area contributed by atoms with Crippen LogP contribution in [-0.4, -0.2) is 16.6 Å². The second-order valence-corrected chi connectivity index (χ2v) is 4.01. The SMILES string of the molecule is CC(N)(CC1=CCCCC1)C(=O)O. The first kappa shape index (κ1) is 10.3. The number of carboxylic acid groups (broad SMARTS) is 1. The Morgan fingerprint density at radius 3 is 2.85 bits per heavy atom. The van der Waals surface area contributed by atoms with E-state index in [-0.39, 0.29) is 0 Å². The van der Waals surface area contributed by atoms with Crippen molar-refractivity contribution in [3.8, 4) is 0 Å². The largest absolute Gasteiger partial charge is 0.480 e. The van der Waals surface area contributed by atoms with Gasteiger partial charge < -0.3 is 10.8 Å². The van der Waals surface area contributed by atoms with Crippen LogP contribution in [0.25, 0.3) is 0 Å². The third-order valence-corrected chi connectivity index (χ3v) is 2.47. The van der Waals surface area contributed by atoms with E-state index in [1.165, 1.54) is 18.4 Å². The van der Waals surface area contributed by atoms with E-state index in [0.29, 0.717) is 6.42 Å². The molecule has 0 aromatic rings. The van der Waals surface area contributed by atoms with Crippen LogP contribution in [0, 0.1) is 0 Å². The molecule has 74 valence electrons.